The Bertz CT molecular complexity index is 514. The van der Waals surface area contributed by atoms with Gasteiger partial charge in [0, 0.05) is 6.20 Å². The van der Waals surface area contributed by atoms with Crippen LogP contribution in [0.4, 0.5) is 5.82 Å². The van der Waals surface area contributed by atoms with Crippen molar-refractivity contribution in [1.82, 2.24) is 9.38 Å². The Labute approximate surface area is 93.9 Å². The molecule has 0 amide bonds. The topological polar surface area (TPSA) is 43.3 Å². The molecular weight excluding hydrogens is 210 g/mol. The Morgan fingerprint density at radius 1 is 1.47 bits per heavy atom. The zero-order valence-electron chi connectivity index (χ0n) is 9.08. The van der Waals surface area contributed by atoms with Crippen molar-refractivity contribution in [3.63, 3.8) is 0 Å². The second-order valence-corrected chi connectivity index (χ2v) is 4.50. The maximum absolute atomic E-state index is 6.11. The van der Waals surface area contributed by atoms with E-state index in [0.29, 0.717) is 16.8 Å². The molecule has 2 rings (SSSR count). The molecular formula is C11H14ClN3. The van der Waals surface area contributed by atoms with Crippen molar-refractivity contribution in [1.29, 1.82) is 0 Å². The normalized spacial score (nSPS) is 11.5. The Hall–Kier alpha value is -1.22. The van der Waals surface area contributed by atoms with Gasteiger partial charge in [0.25, 0.3) is 0 Å². The van der Waals surface area contributed by atoms with Gasteiger partial charge in [-0.25, -0.2) is 4.98 Å². The highest BCUT2D eigenvalue weighted by molar-refractivity contribution is 6.33. The molecule has 2 N–H and O–H groups in total. The molecule has 0 aromatic carbocycles. The van der Waals surface area contributed by atoms with Gasteiger partial charge in [0.2, 0.25) is 0 Å². The van der Waals surface area contributed by atoms with Crippen LogP contribution in [0, 0.1) is 6.92 Å². The highest BCUT2D eigenvalue weighted by Gasteiger charge is 2.14. The van der Waals surface area contributed by atoms with Crippen LogP contribution in [0.25, 0.3) is 5.65 Å². The van der Waals surface area contributed by atoms with Crippen molar-refractivity contribution in [3.05, 3.63) is 28.5 Å². The largest absolute Gasteiger partial charge is 0.383 e. The quantitative estimate of drug-likeness (QED) is 0.808. The number of hydrogen-bond acceptors (Lipinski definition) is 2. The number of anilines is 1. The summed E-state index contributed by atoms with van der Waals surface area (Å²) in [6.45, 7) is 6.12. The first-order valence-corrected chi connectivity index (χ1v) is 5.32. The molecule has 0 fully saturated rings. The second kappa shape index (κ2) is 3.42. The van der Waals surface area contributed by atoms with Crippen LogP contribution in [0.1, 0.15) is 31.0 Å². The van der Waals surface area contributed by atoms with Crippen LogP contribution < -0.4 is 5.73 Å². The lowest BCUT2D eigenvalue weighted by Crippen LogP contribution is -1.98. The third kappa shape index (κ3) is 1.57. The molecule has 0 bridgehead atoms. The zero-order chi connectivity index (χ0) is 11.2. The number of halogens is 1. The van der Waals surface area contributed by atoms with Gasteiger partial charge in [-0.05, 0) is 24.5 Å². The average molecular weight is 224 g/mol. The van der Waals surface area contributed by atoms with Crippen molar-refractivity contribution >= 4 is 23.1 Å². The Morgan fingerprint density at radius 3 is 2.73 bits per heavy atom. The number of imidazole rings is 1. The van der Waals surface area contributed by atoms with E-state index < -0.39 is 0 Å². The minimum absolute atomic E-state index is 0.307. The number of fused-ring (bicyclic) bond motifs is 1. The fourth-order valence-electron chi connectivity index (χ4n) is 1.69. The smallest absolute Gasteiger partial charge is 0.157 e. The van der Waals surface area contributed by atoms with Crippen LogP contribution in [0.2, 0.25) is 5.02 Å². The average Bonchev–Trinajstić information content (AvgIpc) is 2.44. The summed E-state index contributed by atoms with van der Waals surface area (Å²) < 4.78 is 1.85. The molecule has 2 heterocycles. The van der Waals surface area contributed by atoms with E-state index in [1.165, 1.54) is 0 Å². The van der Waals surface area contributed by atoms with Gasteiger partial charge in [-0.3, -0.25) is 4.40 Å². The number of rotatable bonds is 1. The van der Waals surface area contributed by atoms with Gasteiger partial charge >= 0.3 is 0 Å². The van der Waals surface area contributed by atoms with E-state index in [0.717, 1.165) is 16.9 Å². The van der Waals surface area contributed by atoms with Crippen molar-refractivity contribution in [2.45, 2.75) is 26.7 Å². The van der Waals surface area contributed by atoms with Crippen LogP contribution in [0.15, 0.2) is 12.3 Å². The fourth-order valence-corrected chi connectivity index (χ4v) is 2.00. The SMILES string of the molecule is Cc1cc(Cl)c2nc(C(C)C)c(N)n2c1. The van der Waals surface area contributed by atoms with Crippen LogP contribution >= 0.6 is 11.6 Å². The molecule has 0 aliphatic carbocycles. The fraction of sp³-hybridized carbons (Fsp3) is 0.364. The maximum Gasteiger partial charge on any atom is 0.157 e. The van der Waals surface area contributed by atoms with E-state index in [1.807, 2.05) is 23.6 Å². The summed E-state index contributed by atoms with van der Waals surface area (Å²) in [6, 6.07) is 1.90. The Morgan fingerprint density at radius 2 is 2.13 bits per heavy atom. The predicted molar refractivity (Wildman–Crippen MR) is 63.4 cm³/mol. The molecule has 4 heteroatoms. The van der Waals surface area contributed by atoms with E-state index in [-0.39, 0.29) is 0 Å². The third-order valence-corrected chi connectivity index (χ3v) is 2.70. The van der Waals surface area contributed by atoms with Crippen LogP contribution in [0.3, 0.4) is 0 Å². The third-order valence-electron chi connectivity index (χ3n) is 2.42. The number of nitrogens with two attached hydrogens (primary N) is 1. The van der Waals surface area contributed by atoms with E-state index in [9.17, 15) is 0 Å². The number of nitrogens with zero attached hydrogens (tertiary/aromatic N) is 2. The van der Waals surface area contributed by atoms with E-state index in [1.54, 1.807) is 0 Å². The summed E-state index contributed by atoms with van der Waals surface area (Å²) in [5.74, 6) is 0.992. The zero-order valence-corrected chi connectivity index (χ0v) is 9.84. The number of hydrogen-bond donors (Lipinski definition) is 1. The first-order valence-electron chi connectivity index (χ1n) is 4.94. The van der Waals surface area contributed by atoms with E-state index >= 15 is 0 Å². The summed E-state index contributed by atoms with van der Waals surface area (Å²) in [5, 5.41) is 0.647. The van der Waals surface area contributed by atoms with Gasteiger partial charge in [0.1, 0.15) is 5.82 Å². The van der Waals surface area contributed by atoms with Gasteiger partial charge in [-0.1, -0.05) is 25.4 Å². The number of pyridine rings is 1. The lowest BCUT2D eigenvalue weighted by Gasteiger charge is -2.02. The van der Waals surface area contributed by atoms with E-state index in [4.69, 9.17) is 17.3 Å². The summed E-state index contributed by atoms with van der Waals surface area (Å²) in [7, 11) is 0. The second-order valence-electron chi connectivity index (χ2n) is 4.10. The molecule has 2 aromatic heterocycles. The van der Waals surface area contributed by atoms with Crippen molar-refractivity contribution in [2.75, 3.05) is 5.73 Å². The molecule has 0 radical (unpaired) electrons. The summed E-state index contributed by atoms with van der Waals surface area (Å²) in [5.41, 5.74) is 8.74. The van der Waals surface area contributed by atoms with Gasteiger partial charge in [-0.15, -0.1) is 0 Å². The van der Waals surface area contributed by atoms with Gasteiger partial charge in [0.05, 0.1) is 10.7 Å². The first-order chi connectivity index (χ1) is 7.00. The Kier molecular flexibility index (Phi) is 2.35. The summed E-state index contributed by atoms with van der Waals surface area (Å²) in [4.78, 5) is 4.46. The maximum atomic E-state index is 6.11. The number of nitrogen functional groups attached to an aromatic ring is 1. The van der Waals surface area contributed by atoms with Crippen molar-refractivity contribution < 1.29 is 0 Å². The van der Waals surface area contributed by atoms with Crippen LogP contribution in [-0.2, 0) is 0 Å². The molecule has 0 saturated heterocycles. The van der Waals surface area contributed by atoms with Crippen LogP contribution in [0.5, 0.6) is 0 Å². The molecule has 0 aliphatic rings. The summed E-state index contributed by atoms with van der Waals surface area (Å²) >= 11 is 6.11. The number of aryl methyl sites for hydroxylation is 1. The molecule has 80 valence electrons. The lowest BCUT2D eigenvalue weighted by atomic mass is 10.1. The lowest BCUT2D eigenvalue weighted by molar-refractivity contribution is 0.838. The molecule has 0 unspecified atom stereocenters. The highest BCUT2D eigenvalue weighted by Crippen LogP contribution is 2.27. The Balaban J connectivity index is 2.82. The molecule has 0 saturated carbocycles. The van der Waals surface area contributed by atoms with Gasteiger partial charge < -0.3 is 5.73 Å². The molecule has 0 atom stereocenters. The molecule has 0 aliphatic heterocycles. The molecule has 0 spiro atoms. The minimum atomic E-state index is 0.307. The molecule has 3 nitrogen and oxygen atoms in total. The number of aromatic nitrogens is 2. The highest BCUT2D eigenvalue weighted by atomic mass is 35.5. The molecule has 2 aromatic rings. The van der Waals surface area contributed by atoms with E-state index in [2.05, 4.69) is 18.8 Å². The van der Waals surface area contributed by atoms with Gasteiger partial charge in [0.15, 0.2) is 5.65 Å². The van der Waals surface area contributed by atoms with Crippen molar-refractivity contribution in [2.24, 2.45) is 0 Å². The molecule has 15 heavy (non-hydrogen) atoms. The first kappa shape index (κ1) is 10.3. The summed E-state index contributed by atoms with van der Waals surface area (Å²) in [6.07, 6.45) is 1.95. The van der Waals surface area contributed by atoms with Crippen molar-refractivity contribution in [3.8, 4) is 0 Å². The predicted octanol–water partition coefficient (Wildman–Crippen LogP) is 3.00. The monoisotopic (exact) mass is 223 g/mol. The van der Waals surface area contributed by atoms with Crippen LogP contribution in [-0.4, -0.2) is 9.38 Å². The van der Waals surface area contributed by atoms with Gasteiger partial charge in [-0.2, -0.15) is 0 Å². The standard InChI is InChI=1S/C11H14ClN3/c1-6(2)9-10(13)15-5-7(3)4-8(12)11(15)14-9/h4-6H,13H2,1-3H3. The minimum Gasteiger partial charge on any atom is -0.383 e.